The van der Waals surface area contributed by atoms with Crippen molar-refractivity contribution in [3.8, 4) is 22.5 Å². The molecule has 1 N–H and O–H groups in total. The lowest BCUT2D eigenvalue weighted by Gasteiger charge is -2.22. The van der Waals surface area contributed by atoms with E-state index < -0.39 is 0 Å². The van der Waals surface area contributed by atoms with E-state index in [2.05, 4.69) is 115 Å². The molecule has 4 aromatic carbocycles. The first-order chi connectivity index (χ1) is 20.3. The van der Waals surface area contributed by atoms with Crippen LogP contribution in [0.2, 0.25) is 0 Å². The van der Waals surface area contributed by atoms with Crippen LogP contribution >= 0.6 is 0 Å². The second kappa shape index (κ2) is 10.7. The van der Waals surface area contributed by atoms with Crippen molar-refractivity contribution >= 4 is 33.2 Å². The highest BCUT2D eigenvalue weighted by atomic mass is 14.8. The Balaban J connectivity index is 1.56. The summed E-state index contributed by atoms with van der Waals surface area (Å²) in [7, 11) is 1.92. The van der Waals surface area contributed by atoms with E-state index in [9.17, 15) is 0 Å². The van der Waals surface area contributed by atoms with Gasteiger partial charge in [0.15, 0.2) is 0 Å². The van der Waals surface area contributed by atoms with Gasteiger partial charge in [0.1, 0.15) is 0 Å². The second-order valence-electron chi connectivity index (χ2n) is 10.3. The molecule has 0 amide bonds. The molecular formula is C38H29N3. The molecule has 0 unspecified atom stereocenters. The molecule has 1 aliphatic rings. The molecule has 2 aromatic heterocycles. The third-order valence-electron chi connectivity index (χ3n) is 7.82. The number of aromatic nitrogens is 2. The molecule has 196 valence electrons. The average Bonchev–Trinajstić information content (AvgIpc) is 3.04. The highest BCUT2D eigenvalue weighted by Gasteiger charge is 2.21. The molecular weight excluding hydrogens is 498 g/mol. The number of rotatable bonds is 5. The van der Waals surface area contributed by atoms with Gasteiger partial charge in [0.25, 0.3) is 0 Å². The molecule has 0 saturated heterocycles. The molecule has 0 spiro atoms. The number of benzene rings is 4. The molecule has 2 heterocycles. The quantitative estimate of drug-likeness (QED) is 0.228. The Morgan fingerprint density at radius 3 is 1.98 bits per heavy atom. The summed E-state index contributed by atoms with van der Waals surface area (Å²) in [6, 6.07) is 36.5. The van der Waals surface area contributed by atoms with E-state index in [1.54, 1.807) is 0 Å². The van der Waals surface area contributed by atoms with Crippen molar-refractivity contribution in [3.63, 3.8) is 0 Å². The van der Waals surface area contributed by atoms with Gasteiger partial charge in [0.05, 0.1) is 11.4 Å². The predicted molar refractivity (Wildman–Crippen MR) is 172 cm³/mol. The maximum absolute atomic E-state index is 4.83. The van der Waals surface area contributed by atoms with Crippen LogP contribution in [0, 0.1) is 0 Å². The summed E-state index contributed by atoms with van der Waals surface area (Å²) in [5.41, 5.74) is 10.6. The first kappa shape index (κ1) is 24.7. The number of nitrogens with zero attached hydrogens (tertiary/aromatic N) is 2. The van der Waals surface area contributed by atoms with Crippen molar-refractivity contribution in [1.82, 2.24) is 15.3 Å². The summed E-state index contributed by atoms with van der Waals surface area (Å²) in [5.74, 6) is 0. The largest absolute Gasteiger partial charge is 0.394 e. The third kappa shape index (κ3) is 4.52. The molecule has 3 heteroatoms. The first-order valence-electron chi connectivity index (χ1n) is 14.0. The summed E-state index contributed by atoms with van der Waals surface area (Å²) in [6.07, 6.45) is 13.2. The summed E-state index contributed by atoms with van der Waals surface area (Å²) in [4.78, 5) is 9.62. The molecule has 1 aliphatic carbocycles. The summed E-state index contributed by atoms with van der Waals surface area (Å²) in [5, 5.41) is 7.80. The Morgan fingerprint density at radius 2 is 1.29 bits per heavy atom. The smallest absolute Gasteiger partial charge is 0.0714 e. The lowest BCUT2D eigenvalue weighted by Crippen LogP contribution is -2.03. The van der Waals surface area contributed by atoms with Crippen LogP contribution in [0.4, 0.5) is 0 Å². The second-order valence-corrected chi connectivity index (χ2v) is 10.3. The van der Waals surface area contributed by atoms with Gasteiger partial charge in [-0.2, -0.15) is 0 Å². The van der Waals surface area contributed by atoms with Gasteiger partial charge in [0, 0.05) is 30.6 Å². The molecule has 0 fully saturated rings. The minimum Gasteiger partial charge on any atom is -0.394 e. The molecule has 6 aromatic rings. The van der Waals surface area contributed by atoms with Gasteiger partial charge in [-0.25, -0.2) is 0 Å². The van der Waals surface area contributed by atoms with Gasteiger partial charge in [-0.1, -0.05) is 78.9 Å². The summed E-state index contributed by atoms with van der Waals surface area (Å²) < 4.78 is 0. The predicted octanol–water partition coefficient (Wildman–Crippen LogP) is 8.87. The lowest BCUT2D eigenvalue weighted by molar-refractivity contribution is 1.10. The van der Waals surface area contributed by atoms with Crippen LogP contribution in [-0.2, 0) is 6.42 Å². The maximum atomic E-state index is 4.83. The highest BCUT2D eigenvalue weighted by Crippen LogP contribution is 2.44. The monoisotopic (exact) mass is 527 g/mol. The van der Waals surface area contributed by atoms with Crippen molar-refractivity contribution in [3.05, 3.63) is 156 Å². The summed E-state index contributed by atoms with van der Waals surface area (Å²) >= 11 is 0. The molecule has 0 bridgehead atoms. The van der Waals surface area contributed by atoms with Crippen molar-refractivity contribution in [1.29, 1.82) is 0 Å². The van der Waals surface area contributed by atoms with E-state index in [1.807, 2.05) is 37.8 Å². The van der Waals surface area contributed by atoms with Crippen molar-refractivity contribution in [2.75, 3.05) is 7.05 Å². The van der Waals surface area contributed by atoms with E-state index in [0.717, 1.165) is 28.9 Å². The number of hydrogen-bond donors (Lipinski definition) is 1. The van der Waals surface area contributed by atoms with Crippen LogP contribution < -0.4 is 5.32 Å². The third-order valence-corrected chi connectivity index (χ3v) is 7.82. The van der Waals surface area contributed by atoms with Crippen LogP contribution in [0.1, 0.15) is 16.7 Å². The Morgan fingerprint density at radius 1 is 0.659 bits per heavy atom. The molecule has 0 atom stereocenters. The Bertz CT molecular complexity index is 1980. The number of pyridine rings is 2. The molecule has 0 saturated carbocycles. The number of fused-ring (bicyclic) bond motifs is 3. The zero-order chi connectivity index (χ0) is 27.6. The van der Waals surface area contributed by atoms with Gasteiger partial charge in [-0.15, -0.1) is 0 Å². The average molecular weight is 528 g/mol. The van der Waals surface area contributed by atoms with Gasteiger partial charge in [-0.05, 0) is 104 Å². The van der Waals surface area contributed by atoms with E-state index >= 15 is 0 Å². The van der Waals surface area contributed by atoms with Crippen LogP contribution in [0.25, 0.3) is 55.7 Å². The minimum atomic E-state index is 0.887. The van der Waals surface area contributed by atoms with Crippen LogP contribution in [0.15, 0.2) is 139 Å². The highest BCUT2D eigenvalue weighted by molar-refractivity contribution is 6.21. The molecule has 3 nitrogen and oxygen atoms in total. The number of hydrogen-bond acceptors (Lipinski definition) is 3. The fourth-order valence-electron chi connectivity index (χ4n) is 5.98. The minimum absolute atomic E-state index is 0.887. The maximum Gasteiger partial charge on any atom is 0.0714 e. The fraction of sp³-hybridized carbons (Fsp3) is 0.0526. The van der Waals surface area contributed by atoms with E-state index in [0.29, 0.717) is 0 Å². The van der Waals surface area contributed by atoms with Crippen molar-refractivity contribution in [2.24, 2.45) is 0 Å². The topological polar surface area (TPSA) is 37.8 Å². The summed E-state index contributed by atoms with van der Waals surface area (Å²) in [6.45, 7) is 0. The zero-order valence-corrected chi connectivity index (χ0v) is 22.9. The Labute approximate surface area is 240 Å². The molecule has 41 heavy (non-hydrogen) atoms. The normalized spacial score (nSPS) is 14.0. The Hall–Kier alpha value is -5.28. The lowest BCUT2D eigenvalue weighted by atomic mass is 9.82. The van der Waals surface area contributed by atoms with Crippen LogP contribution in [0.3, 0.4) is 0 Å². The van der Waals surface area contributed by atoms with E-state index in [4.69, 9.17) is 9.97 Å². The zero-order valence-electron chi connectivity index (χ0n) is 22.9. The molecule has 7 rings (SSSR count). The number of allylic oxidation sites excluding steroid dienone is 4. The molecule has 0 aliphatic heterocycles. The number of nitrogens with one attached hydrogen (secondary N) is 1. The SMILES string of the molecule is CN/C=C\C=C1/Cc2ccccc2C=C1c1ccc2c(-c3ccccn3)c3ccccc3c(-c3ccccn3)c2c1. The van der Waals surface area contributed by atoms with Crippen molar-refractivity contribution in [2.45, 2.75) is 6.42 Å². The van der Waals surface area contributed by atoms with Gasteiger partial charge in [0.2, 0.25) is 0 Å². The molecule has 0 radical (unpaired) electrons. The first-order valence-corrected chi connectivity index (χ1v) is 14.0. The van der Waals surface area contributed by atoms with Crippen LogP contribution in [-0.4, -0.2) is 17.0 Å². The van der Waals surface area contributed by atoms with E-state index in [-0.39, 0.29) is 0 Å². The van der Waals surface area contributed by atoms with Crippen LogP contribution in [0.5, 0.6) is 0 Å². The Kier molecular flexibility index (Phi) is 6.46. The van der Waals surface area contributed by atoms with Crippen molar-refractivity contribution < 1.29 is 0 Å². The van der Waals surface area contributed by atoms with E-state index in [1.165, 1.54) is 49.4 Å². The standard InChI is InChI=1S/C38H29N3/c1-39-20-10-13-28-23-26-11-2-3-12-27(26)24-33(28)29-18-19-32-34(25-29)38(36-17-7-9-22-41-36)31-15-5-4-14-30(31)37(32)35-16-6-8-21-40-35/h2-22,24-25,39H,23H2,1H3/b20-10-,28-13+. The fourth-order valence-corrected chi connectivity index (χ4v) is 5.98. The van der Waals surface area contributed by atoms with Gasteiger partial charge in [-0.3, -0.25) is 9.97 Å². The van der Waals surface area contributed by atoms with Gasteiger partial charge >= 0.3 is 0 Å². The van der Waals surface area contributed by atoms with Gasteiger partial charge < -0.3 is 5.32 Å².